The van der Waals surface area contributed by atoms with Crippen LogP contribution in [0.2, 0.25) is 5.02 Å². The second kappa shape index (κ2) is 9.95. The van der Waals surface area contributed by atoms with Gasteiger partial charge in [-0.25, -0.2) is 13.8 Å². The first-order valence-electron chi connectivity index (χ1n) is 9.49. The van der Waals surface area contributed by atoms with E-state index in [2.05, 4.69) is 37.6 Å². The van der Waals surface area contributed by atoms with Crippen LogP contribution in [0.1, 0.15) is 10.4 Å². The molecule has 0 unspecified atom stereocenters. The largest absolute Gasteiger partial charge is 0.491 e. The number of fused-ring (bicyclic) bond motifs is 1. The summed E-state index contributed by atoms with van der Waals surface area (Å²) in [5.41, 5.74) is 0.296. The smallest absolute Gasteiger partial charge is 0.263 e. The van der Waals surface area contributed by atoms with Crippen molar-refractivity contribution < 1.29 is 31.5 Å². The zero-order chi connectivity index (χ0) is 25.4. The lowest BCUT2D eigenvalue weighted by atomic mass is 10.1. The van der Waals surface area contributed by atoms with Gasteiger partial charge >= 0.3 is 0 Å². The molecule has 35 heavy (non-hydrogen) atoms. The lowest BCUT2D eigenvalue weighted by Crippen LogP contribution is -2.35. The molecule has 0 aliphatic carbocycles. The molecule has 0 fully saturated rings. The number of benzene rings is 3. The highest BCUT2D eigenvalue weighted by molar-refractivity contribution is 14.1. The topological polar surface area (TPSA) is 76.4 Å². The number of ether oxygens (including phenoxy) is 1. The molecule has 0 aliphatic rings. The number of rotatable bonds is 4. The van der Waals surface area contributed by atoms with Crippen LogP contribution >= 0.6 is 46.4 Å². The maximum absolute atomic E-state index is 14.2. The minimum atomic E-state index is -1.92. The first-order chi connectivity index (χ1) is 16.6. The molecule has 0 atom stereocenters. The summed E-state index contributed by atoms with van der Waals surface area (Å²) in [5.74, 6) is -10.1. The lowest BCUT2D eigenvalue weighted by molar-refractivity contribution is 0.0966. The predicted molar refractivity (Wildman–Crippen MR) is 134 cm³/mol. The molecule has 0 radical (unpaired) electrons. The van der Waals surface area contributed by atoms with Crippen LogP contribution in [0, 0.1) is 26.8 Å². The third-order valence-corrected chi connectivity index (χ3v) is 5.89. The third-order valence-electron chi connectivity index (χ3n) is 4.69. The number of anilines is 1. The number of carbonyl (C=O) groups excluding carboxylic acids is 1. The summed E-state index contributed by atoms with van der Waals surface area (Å²) in [4.78, 5) is 16.7. The van der Waals surface area contributed by atoms with Gasteiger partial charge in [0.15, 0.2) is 28.1 Å². The second-order valence-electron chi connectivity index (χ2n) is 6.90. The number of hydrogen-bond acceptors (Lipinski definition) is 5. The predicted octanol–water partition coefficient (Wildman–Crippen LogP) is 6.44. The number of aromatic nitrogens is 1. The maximum atomic E-state index is 14.2. The second-order valence-corrected chi connectivity index (χ2v) is 8.96. The number of carbonyl (C=O) groups is 1. The number of nitrogens with one attached hydrogen (secondary N) is 2. The molecule has 180 valence electrons. The highest BCUT2D eigenvalue weighted by Crippen LogP contribution is 2.32. The molecule has 1 aromatic heterocycles. The standard InChI is InChI=1S/C22H11ClF4IN3O3S/c1-33-19-17(26)15(24)14(16(25)18(19)27)20(32)31-22(35)29-9-3-5-13-12(7-9)30-21(34-13)10-6-8(28)2-4-11(10)23/h2-7H,1H3,(H2,29,31,32,35). The van der Waals surface area contributed by atoms with E-state index in [1.807, 2.05) is 11.4 Å². The molecule has 6 nitrogen and oxygen atoms in total. The highest BCUT2D eigenvalue weighted by atomic mass is 127. The number of thiocarbonyl (C=S) groups is 1. The van der Waals surface area contributed by atoms with Crippen molar-refractivity contribution in [2.45, 2.75) is 0 Å². The summed E-state index contributed by atoms with van der Waals surface area (Å²) >= 11 is 13.4. The Morgan fingerprint density at radius 3 is 2.43 bits per heavy atom. The van der Waals surface area contributed by atoms with Gasteiger partial charge in [0.05, 0.1) is 17.7 Å². The number of amides is 1. The molecule has 13 heteroatoms. The average Bonchev–Trinajstić information content (AvgIpc) is 3.23. The van der Waals surface area contributed by atoms with Gasteiger partial charge in [-0.1, -0.05) is 11.6 Å². The van der Waals surface area contributed by atoms with E-state index >= 15 is 0 Å². The van der Waals surface area contributed by atoms with E-state index in [1.165, 1.54) is 6.07 Å². The minimum Gasteiger partial charge on any atom is -0.491 e. The number of methoxy groups -OCH3 is 1. The van der Waals surface area contributed by atoms with Crippen LogP contribution in [0.25, 0.3) is 22.6 Å². The summed E-state index contributed by atoms with van der Waals surface area (Å²) in [6, 6.07) is 10.0. The first kappa shape index (κ1) is 25.1. The molecule has 2 N–H and O–H groups in total. The van der Waals surface area contributed by atoms with Crippen molar-refractivity contribution in [1.29, 1.82) is 0 Å². The molecule has 1 heterocycles. The Labute approximate surface area is 218 Å². The Bertz CT molecular complexity index is 1490. The van der Waals surface area contributed by atoms with Crippen LogP contribution in [0.4, 0.5) is 23.2 Å². The average molecular weight is 636 g/mol. The molecule has 0 bridgehead atoms. The number of hydrogen-bond donors (Lipinski definition) is 2. The van der Waals surface area contributed by atoms with E-state index in [4.69, 9.17) is 28.2 Å². The van der Waals surface area contributed by atoms with Gasteiger partial charge in [0.2, 0.25) is 17.5 Å². The highest BCUT2D eigenvalue weighted by Gasteiger charge is 2.30. The van der Waals surface area contributed by atoms with E-state index in [0.717, 1.165) is 10.7 Å². The van der Waals surface area contributed by atoms with Gasteiger partial charge in [-0.15, -0.1) is 0 Å². The summed E-state index contributed by atoms with van der Waals surface area (Å²) in [6.07, 6.45) is 0. The quantitative estimate of drug-likeness (QED) is 0.116. The van der Waals surface area contributed by atoms with Crippen LogP contribution in [0.15, 0.2) is 40.8 Å². The zero-order valence-corrected chi connectivity index (χ0v) is 21.0. The molecule has 3 aromatic carbocycles. The van der Waals surface area contributed by atoms with Crippen molar-refractivity contribution in [2.75, 3.05) is 12.4 Å². The molecule has 4 aromatic rings. The van der Waals surface area contributed by atoms with Crippen LogP contribution in [-0.4, -0.2) is 23.1 Å². The van der Waals surface area contributed by atoms with E-state index in [1.54, 1.807) is 24.3 Å². The summed E-state index contributed by atoms with van der Waals surface area (Å²) < 4.78 is 67.1. The van der Waals surface area contributed by atoms with Crippen molar-refractivity contribution in [3.8, 4) is 17.2 Å². The van der Waals surface area contributed by atoms with Crippen molar-refractivity contribution in [3.63, 3.8) is 0 Å². The minimum absolute atomic E-state index is 0.283. The summed E-state index contributed by atoms with van der Waals surface area (Å²) in [7, 11) is 0.822. The van der Waals surface area contributed by atoms with E-state index < -0.39 is 45.6 Å². The number of nitrogens with zero attached hydrogens (tertiary/aromatic N) is 1. The van der Waals surface area contributed by atoms with Gasteiger partial charge in [-0.05, 0) is 71.2 Å². The van der Waals surface area contributed by atoms with Crippen molar-refractivity contribution in [3.05, 3.63) is 73.8 Å². The van der Waals surface area contributed by atoms with Gasteiger partial charge < -0.3 is 14.5 Å². The van der Waals surface area contributed by atoms with Gasteiger partial charge in [0.1, 0.15) is 11.1 Å². The Morgan fingerprint density at radius 1 is 1.09 bits per heavy atom. The van der Waals surface area contributed by atoms with Gasteiger partial charge in [-0.2, -0.15) is 8.78 Å². The fourth-order valence-electron chi connectivity index (χ4n) is 3.10. The maximum Gasteiger partial charge on any atom is 0.263 e. The molecule has 0 saturated carbocycles. The monoisotopic (exact) mass is 635 g/mol. The van der Waals surface area contributed by atoms with Crippen LogP contribution in [0.3, 0.4) is 0 Å². The Balaban J connectivity index is 1.55. The van der Waals surface area contributed by atoms with Crippen LogP contribution in [0.5, 0.6) is 5.75 Å². The summed E-state index contributed by atoms with van der Waals surface area (Å²) in [5, 5.41) is 4.66. The van der Waals surface area contributed by atoms with Crippen molar-refractivity contribution >= 4 is 74.2 Å². The molecule has 4 rings (SSSR count). The molecular formula is C22H11ClF4IN3O3S. The molecule has 0 saturated heterocycles. The SMILES string of the molecule is COc1c(F)c(F)c(C(=O)NC(=S)Nc2ccc3oc(-c4cc(I)ccc4Cl)nc3c2)c(F)c1F. The number of halogens is 6. The summed E-state index contributed by atoms with van der Waals surface area (Å²) in [6.45, 7) is 0. The molecule has 0 aliphatic heterocycles. The van der Waals surface area contributed by atoms with Crippen LogP contribution < -0.4 is 15.4 Å². The zero-order valence-electron chi connectivity index (χ0n) is 17.3. The fraction of sp³-hybridized carbons (Fsp3) is 0.0455. The van der Waals surface area contributed by atoms with E-state index in [9.17, 15) is 22.4 Å². The van der Waals surface area contributed by atoms with Crippen molar-refractivity contribution in [2.24, 2.45) is 0 Å². The third kappa shape index (κ3) is 4.90. The van der Waals surface area contributed by atoms with Gasteiger partial charge in [-0.3, -0.25) is 10.1 Å². The first-order valence-corrected chi connectivity index (χ1v) is 11.4. The lowest BCUT2D eigenvalue weighted by Gasteiger charge is -2.12. The van der Waals surface area contributed by atoms with Crippen LogP contribution in [-0.2, 0) is 0 Å². The Morgan fingerprint density at radius 2 is 1.77 bits per heavy atom. The molecule has 1 amide bonds. The Kier molecular flexibility index (Phi) is 7.15. The van der Waals surface area contributed by atoms with Gasteiger partial charge in [0.25, 0.3) is 5.91 Å². The van der Waals surface area contributed by atoms with E-state index in [0.29, 0.717) is 27.4 Å². The fourth-order valence-corrected chi connectivity index (χ4v) is 4.00. The number of oxazole rings is 1. The van der Waals surface area contributed by atoms with Gasteiger partial charge in [0, 0.05) is 9.26 Å². The Hall–Kier alpha value is -2.97. The molecular weight excluding hydrogens is 625 g/mol. The van der Waals surface area contributed by atoms with Crippen molar-refractivity contribution in [1.82, 2.24) is 10.3 Å². The van der Waals surface area contributed by atoms with E-state index in [-0.39, 0.29) is 5.89 Å². The molecule has 0 spiro atoms. The normalized spacial score (nSPS) is 10.9.